The van der Waals surface area contributed by atoms with Crippen LogP contribution >= 0.6 is 11.8 Å². The van der Waals surface area contributed by atoms with Crippen LogP contribution in [0.25, 0.3) is 11.1 Å². The van der Waals surface area contributed by atoms with Crippen molar-refractivity contribution in [2.24, 2.45) is 0 Å². The summed E-state index contributed by atoms with van der Waals surface area (Å²) < 4.78 is 4.92. The second kappa shape index (κ2) is 14.3. The molecule has 1 aliphatic heterocycles. The van der Waals surface area contributed by atoms with Crippen molar-refractivity contribution in [3.05, 3.63) is 59.2 Å². The first-order valence-electron chi connectivity index (χ1n) is 12.5. The lowest BCUT2D eigenvalue weighted by atomic mass is 9.93. The minimum absolute atomic E-state index is 0.260. The van der Waals surface area contributed by atoms with Gasteiger partial charge in [0.1, 0.15) is 6.04 Å². The van der Waals surface area contributed by atoms with Crippen LogP contribution in [-0.4, -0.2) is 68.1 Å². The highest BCUT2D eigenvalue weighted by Gasteiger charge is 2.24. The number of aryl methyl sites for hydroxylation is 1. The van der Waals surface area contributed by atoms with Gasteiger partial charge in [-0.05, 0) is 85.7 Å². The molecule has 6 nitrogen and oxygen atoms in total. The van der Waals surface area contributed by atoms with Crippen LogP contribution in [0, 0.1) is 6.92 Å². The summed E-state index contributed by atoms with van der Waals surface area (Å²) in [7, 11) is 1.35. The van der Waals surface area contributed by atoms with E-state index >= 15 is 0 Å². The quantitative estimate of drug-likeness (QED) is 0.337. The number of hydrogen-bond acceptors (Lipinski definition) is 6. The molecule has 35 heavy (non-hydrogen) atoms. The van der Waals surface area contributed by atoms with Crippen molar-refractivity contribution in [2.45, 2.75) is 45.2 Å². The molecule has 2 aromatic rings. The number of esters is 1. The molecule has 2 N–H and O–H groups in total. The third-order valence-electron chi connectivity index (χ3n) is 6.55. The van der Waals surface area contributed by atoms with E-state index in [4.69, 9.17) is 4.74 Å². The Hall–Kier alpha value is -2.35. The van der Waals surface area contributed by atoms with Gasteiger partial charge in [-0.25, -0.2) is 4.79 Å². The smallest absolute Gasteiger partial charge is 0.328 e. The van der Waals surface area contributed by atoms with Gasteiger partial charge < -0.3 is 20.3 Å². The molecule has 1 aliphatic rings. The van der Waals surface area contributed by atoms with Gasteiger partial charge in [0.15, 0.2) is 0 Å². The van der Waals surface area contributed by atoms with Gasteiger partial charge in [-0.3, -0.25) is 4.79 Å². The number of ether oxygens (including phenoxy) is 1. The van der Waals surface area contributed by atoms with Crippen molar-refractivity contribution in [1.82, 2.24) is 15.5 Å². The van der Waals surface area contributed by atoms with E-state index in [0.29, 0.717) is 12.0 Å². The monoisotopic (exact) mass is 497 g/mol. The second-order valence-corrected chi connectivity index (χ2v) is 10.1. The third-order valence-corrected chi connectivity index (χ3v) is 7.19. The summed E-state index contributed by atoms with van der Waals surface area (Å²) in [5.74, 6) is 0.0796. The summed E-state index contributed by atoms with van der Waals surface area (Å²) in [4.78, 5) is 28.1. The van der Waals surface area contributed by atoms with E-state index in [1.165, 1.54) is 39.5 Å². The minimum Gasteiger partial charge on any atom is -0.467 e. The average Bonchev–Trinajstić information content (AvgIpc) is 2.89. The summed E-state index contributed by atoms with van der Waals surface area (Å²) >= 11 is 1.63. The molecule has 1 atom stereocenters. The lowest BCUT2D eigenvalue weighted by Crippen LogP contribution is -2.42. The molecule has 1 fully saturated rings. The molecular weight excluding hydrogens is 458 g/mol. The molecule has 0 radical (unpaired) electrons. The highest BCUT2D eigenvalue weighted by atomic mass is 32.2. The Morgan fingerprint density at radius 3 is 2.57 bits per heavy atom. The maximum Gasteiger partial charge on any atom is 0.328 e. The molecule has 0 spiro atoms. The Bertz CT molecular complexity index is 976. The molecule has 7 heteroatoms. The number of amides is 1. The maximum absolute atomic E-state index is 13.3. The first-order valence-corrected chi connectivity index (χ1v) is 13.9. The van der Waals surface area contributed by atoms with Gasteiger partial charge in [-0.15, -0.1) is 0 Å². The van der Waals surface area contributed by atoms with Crippen molar-refractivity contribution in [3.8, 4) is 11.1 Å². The predicted molar refractivity (Wildman–Crippen MR) is 145 cm³/mol. The van der Waals surface area contributed by atoms with Crippen LogP contribution in [0.5, 0.6) is 0 Å². The van der Waals surface area contributed by atoms with Gasteiger partial charge in [0, 0.05) is 25.2 Å². The standard InChI is InChI=1S/C28H39N3O3S/c1-21-9-5-6-10-23(21)25-19-22(20-29-14-17-31-15-7-4-8-16-31)11-12-24(25)27(32)30-26(13-18-35-3)28(33)34-2/h5-6,9-12,19,26,29H,4,7-8,13-18,20H2,1-3H3,(H,30,32)/t26-/m0/s1. The number of nitrogens with zero attached hydrogens (tertiary/aromatic N) is 1. The molecule has 2 aromatic carbocycles. The molecule has 3 rings (SSSR count). The molecule has 1 heterocycles. The molecule has 0 saturated carbocycles. The number of likely N-dealkylation sites (tertiary alicyclic amines) is 1. The van der Waals surface area contributed by atoms with Crippen LogP contribution in [0.2, 0.25) is 0 Å². The lowest BCUT2D eigenvalue weighted by Gasteiger charge is -2.26. The fourth-order valence-electron chi connectivity index (χ4n) is 4.51. The van der Waals surface area contributed by atoms with E-state index in [9.17, 15) is 9.59 Å². The first kappa shape index (κ1) is 27.2. The average molecular weight is 498 g/mol. The van der Waals surface area contributed by atoms with Crippen LogP contribution in [0.4, 0.5) is 0 Å². The molecule has 1 saturated heterocycles. The van der Waals surface area contributed by atoms with Crippen molar-refractivity contribution in [3.63, 3.8) is 0 Å². The minimum atomic E-state index is -0.666. The number of carbonyl (C=O) groups excluding carboxylic acids is 2. The van der Waals surface area contributed by atoms with Crippen LogP contribution < -0.4 is 10.6 Å². The zero-order valence-electron chi connectivity index (χ0n) is 21.3. The summed E-state index contributed by atoms with van der Waals surface area (Å²) in [6.07, 6.45) is 6.46. The largest absolute Gasteiger partial charge is 0.467 e. The van der Waals surface area contributed by atoms with E-state index in [1.54, 1.807) is 11.8 Å². The van der Waals surface area contributed by atoms with E-state index in [0.717, 1.165) is 47.6 Å². The Balaban J connectivity index is 1.76. The topological polar surface area (TPSA) is 70.7 Å². The number of rotatable bonds is 12. The summed E-state index contributed by atoms with van der Waals surface area (Å²) in [6.45, 7) is 7.20. The van der Waals surface area contributed by atoms with Crippen LogP contribution in [0.3, 0.4) is 0 Å². The fraction of sp³-hybridized carbons (Fsp3) is 0.500. The molecular formula is C28H39N3O3S. The van der Waals surface area contributed by atoms with E-state index < -0.39 is 12.0 Å². The van der Waals surface area contributed by atoms with Crippen molar-refractivity contribution in [2.75, 3.05) is 45.3 Å². The highest BCUT2D eigenvalue weighted by Crippen LogP contribution is 2.28. The fourth-order valence-corrected chi connectivity index (χ4v) is 4.98. The normalized spacial score (nSPS) is 14.9. The summed E-state index contributed by atoms with van der Waals surface area (Å²) in [5.41, 5.74) is 4.69. The van der Waals surface area contributed by atoms with Crippen LogP contribution in [0.15, 0.2) is 42.5 Å². The van der Waals surface area contributed by atoms with Gasteiger partial charge >= 0.3 is 5.97 Å². The molecule has 190 valence electrons. The van der Waals surface area contributed by atoms with Gasteiger partial charge in [0.2, 0.25) is 0 Å². The van der Waals surface area contributed by atoms with Crippen molar-refractivity contribution in [1.29, 1.82) is 0 Å². The Morgan fingerprint density at radius 2 is 1.86 bits per heavy atom. The Labute approximate surface area is 214 Å². The van der Waals surface area contributed by atoms with Crippen molar-refractivity contribution < 1.29 is 14.3 Å². The van der Waals surface area contributed by atoms with Gasteiger partial charge in [0.25, 0.3) is 5.91 Å². The van der Waals surface area contributed by atoms with E-state index in [2.05, 4.69) is 34.6 Å². The number of piperidine rings is 1. The Morgan fingerprint density at radius 1 is 1.09 bits per heavy atom. The number of benzene rings is 2. The number of methoxy groups -OCH3 is 1. The zero-order chi connectivity index (χ0) is 25.0. The number of nitrogens with one attached hydrogen (secondary N) is 2. The molecule has 0 unspecified atom stereocenters. The SMILES string of the molecule is COC(=O)[C@H](CCSC)NC(=O)c1ccc(CNCCN2CCCCC2)cc1-c1ccccc1C. The number of hydrogen-bond donors (Lipinski definition) is 2. The highest BCUT2D eigenvalue weighted by molar-refractivity contribution is 7.98. The van der Waals surface area contributed by atoms with E-state index in [1.807, 2.05) is 36.6 Å². The predicted octanol–water partition coefficient (Wildman–Crippen LogP) is 4.26. The van der Waals surface area contributed by atoms with Crippen LogP contribution in [0.1, 0.15) is 47.2 Å². The summed E-state index contributed by atoms with van der Waals surface area (Å²) in [6, 6.07) is 13.4. The second-order valence-electron chi connectivity index (χ2n) is 9.10. The van der Waals surface area contributed by atoms with Gasteiger partial charge in [-0.1, -0.05) is 36.8 Å². The molecule has 0 aliphatic carbocycles. The lowest BCUT2D eigenvalue weighted by molar-refractivity contribution is -0.142. The molecule has 0 bridgehead atoms. The van der Waals surface area contributed by atoms with E-state index in [-0.39, 0.29) is 5.91 Å². The number of thioether (sulfide) groups is 1. The zero-order valence-corrected chi connectivity index (χ0v) is 22.1. The molecule has 1 amide bonds. The molecule has 0 aromatic heterocycles. The van der Waals surface area contributed by atoms with Crippen LogP contribution in [-0.2, 0) is 16.1 Å². The third kappa shape index (κ3) is 8.09. The number of carbonyl (C=O) groups is 2. The summed E-state index contributed by atoms with van der Waals surface area (Å²) in [5, 5.41) is 6.47. The van der Waals surface area contributed by atoms with Gasteiger partial charge in [0.05, 0.1) is 7.11 Å². The Kier molecular flexibility index (Phi) is 11.1. The maximum atomic E-state index is 13.3. The van der Waals surface area contributed by atoms with Gasteiger partial charge in [-0.2, -0.15) is 11.8 Å². The first-order chi connectivity index (χ1) is 17.0. The van der Waals surface area contributed by atoms with Crippen molar-refractivity contribution >= 4 is 23.6 Å².